The first-order valence-corrected chi connectivity index (χ1v) is 6.62. The van der Waals surface area contributed by atoms with Gasteiger partial charge in [-0.15, -0.1) is 0 Å². The zero-order chi connectivity index (χ0) is 14.1. The monoisotopic (exact) mass is 273 g/mol. The molecule has 4 rings (SSSR count). The van der Waals surface area contributed by atoms with E-state index in [2.05, 4.69) is 20.5 Å². The highest BCUT2D eigenvalue weighted by Gasteiger charge is 2.11. The molecule has 0 atom stereocenters. The summed E-state index contributed by atoms with van der Waals surface area (Å²) in [6.45, 7) is 0. The third-order valence-electron chi connectivity index (χ3n) is 3.31. The van der Waals surface area contributed by atoms with Gasteiger partial charge in [-0.25, -0.2) is 4.98 Å². The molecule has 0 radical (unpaired) electrons. The summed E-state index contributed by atoms with van der Waals surface area (Å²) in [5.41, 5.74) is 3.87. The van der Waals surface area contributed by atoms with E-state index in [0.717, 1.165) is 22.5 Å². The van der Waals surface area contributed by atoms with Gasteiger partial charge in [0.05, 0.1) is 11.4 Å². The molecule has 5 heteroatoms. The maximum atomic E-state index is 4.52. The van der Waals surface area contributed by atoms with Gasteiger partial charge in [0.15, 0.2) is 0 Å². The van der Waals surface area contributed by atoms with Crippen molar-refractivity contribution in [3.63, 3.8) is 0 Å². The number of hydrogen-bond acceptors (Lipinski definition) is 4. The van der Waals surface area contributed by atoms with Gasteiger partial charge in [0.1, 0.15) is 0 Å². The highest BCUT2D eigenvalue weighted by atomic mass is 15.5. The largest absolute Gasteiger partial charge is 0.274 e. The molecule has 21 heavy (non-hydrogen) atoms. The molecule has 0 fully saturated rings. The third kappa shape index (κ3) is 2.04. The number of benzene rings is 2. The highest BCUT2D eigenvalue weighted by Crippen LogP contribution is 2.24. The van der Waals surface area contributed by atoms with Crippen LogP contribution in [0.15, 0.2) is 66.7 Å². The zero-order valence-electron chi connectivity index (χ0n) is 11.1. The van der Waals surface area contributed by atoms with Crippen LogP contribution in [0.5, 0.6) is 0 Å². The van der Waals surface area contributed by atoms with E-state index in [1.165, 1.54) is 0 Å². The summed E-state index contributed by atoms with van der Waals surface area (Å²) in [4.78, 5) is 4.52. The van der Waals surface area contributed by atoms with Gasteiger partial charge < -0.3 is 0 Å². The van der Waals surface area contributed by atoms with Crippen molar-refractivity contribution in [2.75, 3.05) is 0 Å². The first kappa shape index (κ1) is 11.7. The zero-order valence-corrected chi connectivity index (χ0v) is 11.1. The smallest absolute Gasteiger partial charge is 0.210 e. The van der Waals surface area contributed by atoms with Crippen molar-refractivity contribution in [2.45, 2.75) is 0 Å². The molecule has 0 saturated carbocycles. The lowest BCUT2D eigenvalue weighted by molar-refractivity contribution is 0.826. The molecule has 0 aliphatic carbocycles. The van der Waals surface area contributed by atoms with Crippen LogP contribution in [0.1, 0.15) is 0 Å². The fourth-order valence-corrected chi connectivity index (χ4v) is 2.31. The van der Waals surface area contributed by atoms with E-state index >= 15 is 0 Å². The van der Waals surface area contributed by atoms with E-state index in [9.17, 15) is 0 Å². The Balaban J connectivity index is 2.00. The van der Waals surface area contributed by atoms with Crippen LogP contribution < -0.4 is 0 Å². The van der Waals surface area contributed by atoms with E-state index in [1.54, 1.807) is 4.52 Å². The fourth-order valence-electron chi connectivity index (χ4n) is 2.31. The van der Waals surface area contributed by atoms with Gasteiger partial charge in [0, 0.05) is 11.1 Å². The van der Waals surface area contributed by atoms with Crippen LogP contribution in [0.4, 0.5) is 0 Å². The summed E-state index contributed by atoms with van der Waals surface area (Å²) in [7, 11) is 0. The van der Waals surface area contributed by atoms with Crippen molar-refractivity contribution < 1.29 is 0 Å². The molecule has 100 valence electrons. The predicted octanol–water partition coefficient (Wildman–Crippen LogP) is 2.85. The lowest BCUT2D eigenvalue weighted by atomic mass is 10.1. The molecular formula is C16H11N5. The summed E-state index contributed by atoms with van der Waals surface area (Å²) < 4.78 is 1.65. The van der Waals surface area contributed by atoms with Crippen molar-refractivity contribution in [3.05, 3.63) is 66.7 Å². The molecule has 0 aliphatic rings. The minimum Gasteiger partial charge on any atom is -0.210 e. The maximum Gasteiger partial charge on any atom is 0.274 e. The van der Waals surface area contributed by atoms with Crippen LogP contribution in [0.25, 0.3) is 28.3 Å². The second kappa shape index (κ2) is 4.79. The highest BCUT2D eigenvalue weighted by molar-refractivity contribution is 5.70. The Morgan fingerprint density at radius 2 is 1.43 bits per heavy atom. The normalized spacial score (nSPS) is 10.9. The number of tetrazole rings is 1. The van der Waals surface area contributed by atoms with Crippen LogP contribution in [0.3, 0.4) is 0 Å². The summed E-state index contributed by atoms with van der Waals surface area (Å²) in [6.07, 6.45) is 0. The van der Waals surface area contributed by atoms with Gasteiger partial charge in [0.2, 0.25) is 0 Å². The number of fused-ring (bicyclic) bond motifs is 1. The standard InChI is InChI=1S/C16H11N5/c1-3-7-12(8-4-1)14-11-15(13-9-5-2-6-10-13)21-16(17-14)18-19-20-21/h1-11H. The molecule has 0 aliphatic heterocycles. The summed E-state index contributed by atoms with van der Waals surface area (Å²) >= 11 is 0. The summed E-state index contributed by atoms with van der Waals surface area (Å²) in [6, 6.07) is 22.1. The van der Waals surface area contributed by atoms with Gasteiger partial charge in [0.25, 0.3) is 5.78 Å². The van der Waals surface area contributed by atoms with Crippen molar-refractivity contribution in [1.82, 2.24) is 25.0 Å². The summed E-state index contributed by atoms with van der Waals surface area (Å²) in [5.74, 6) is 0.496. The van der Waals surface area contributed by atoms with Crippen LogP contribution in [-0.2, 0) is 0 Å². The van der Waals surface area contributed by atoms with Gasteiger partial charge in [-0.2, -0.15) is 4.52 Å². The second-order valence-corrected chi connectivity index (χ2v) is 4.65. The van der Waals surface area contributed by atoms with Crippen molar-refractivity contribution >= 4 is 5.78 Å². The average Bonchev–Trinajstić information content (AvgIpc) is 3.04. The lowest BCUT2D eigenvalue weighted by Crippen LogP contribution is -1.98. The Hall–Kier alpha value is -3.08. The van der Waals surface area contributed by atoms with E-state index < -0.39 is 0 Å². The average molecular weight is 273 g/mol. The topological polar surface area (TPSA) is 56.0 Å². The van der Waals surface area contributed by atoms with Crippen LogP contribution >= 0.6 is 0 Å². The molecule has 2 heterocycles. The quantitative estimate of drug-likeness (QED) is 0.563. The van der Waals surface area contributed by atoms with Crippen LogP contribution in [0.2, 0.25) is 0 Å². The second-order valence-electron chi connectivity index (χ2n) is 4.65. The first-order chi connectivity index (χ1) is 10.4. The number of aromatic nitrogens is 5. The SMILES string of the molecule is c1ccc(-c2cc(-c3ccccc3)n3nnnc3n2)cc1. The van der Waals surface area contributed by atoms with Gasteiger partial charge in [-0.05, 0) is 16.5 Å². The molecule has 0 saturated heterocycles. The number of hydrogen-bond donors (Lipinski definition) is 0. The van der Waals surface area contributed by atoms with Crippen molar-refractivity contribution in [3.8, 4) is 22.5 Å². The Morgan fingerprint density at radius 1 is 0.762 bits per heavy atom. The van der Waals surface area contributed by atoms with E-state index in [-0.39, 0.29) is 0 Å². The van der Waals surface area contributed by atoms with E-state index in [4.69, 9.17) is 0 Å². The molecule has 2 aromatic heterocycles. The molecule has 0 spiro atoms. The Bertz CT molecular complexity index is 884. The Morgan fingerprint density at radius 3 is 2.14 bits per heavy atom. The Kier molecular flexibility index (Phi) is 2.67. The molecule has 4 aromatic rings. The molecule has 0 unspecified atom stereocenters. The fraction of sp³-hybridized carbons (Fsp3) is 0. The van der Waals surface area contributed by atoms with Crippen molar-refractivity contribution in [2.24, 2.45) is 0 Å². The molecule has 0 bridgehead atoms. The molecule has 5 nitrogen and oxygen atoms in total. The van der Waals surface area contributed by atoms with Gasteiger partial charge >= 0.3 is 0 Å². The van der Waals surface area contributed by atoms with E-state index in [0.29, 0.717) is 5.78 Å². The van der Waals surface area contributed by atoms with Gasteiger partial charge in [-0.1, -0.05) is 65.8 Å². The lowest BCUT2D eigenvalue weighted by Gasteiger charge is -2.06. The maximum absolute atomic E-state index is 4.52. The first-order valence-electron chi connectivity index (χ1n) is 6.62. The van der Waals surface area contributed by atoms with E-state index in [1.807, 2.05) is 66.7 Å². The minimum atomic E-state index is 0.496. The van der Waals surface area contributed by atoms with Crippen LogP contribution in [0, 0.1) is 0 Å². The number of nitrogens with zero attached hydrogens (tertiary/aromatic N) is 5. The Labute approximate surface area is 120 Å². The number of rotatable bonds is 2. The van der Waals surface area contributed by atoms with Crippen molar-refractivity contribution in [1.29, 1.82) is 0 Å². The summed E-state index contributed by atoms with van der Waals surface area (Å²) in [5, 5.41) is 11.7. The minimum absolute atomic E-state index is 0.496. The molecule has 2 aromatic carbocycles. The van der Waals surface area contributed by atoms with Gasteiger partial charge in [-0.3, -0.25) is 0 Å². The molecule has 0 N–H and O–H groups in total. The molecule has 0 amide bonds. The third-order valence-corrected chi connectivity index (χ3v) is 3.31. The molecular weight excluding hydrogens is 262 g/mol. The van der Waals surface area contributed by atoms with Crippen LogP contribution in [-0.4, -0.2) is 25.0 Å². The predicted molar refractivity (Wildman–Crippen MR) is 79.4 cm³/mol.